The van der Waals surface area contributed by atoms with Gasteiger partial charge in [0.2, 0.25) is 0 Å². The molecule has 7 heteroatoms. The van der Waals surface area contributed by atoms with Gasteiger partial charge in [-0.25, -0.2) is 4.99 Å². The van der Waals surface area contributed by atoms with E-state index in [-0.39, 0.29) is 6.04 Å². The number of rotatable bonds is 7. The lowest BCUT2D eigenvalue weighted by atomic mass is 10.1. The topological polar surface area (TPSA) is 75.2 Å². The average Bonchev–Trinajstić information content (AvgIpc) is 3.32. The highest BCUT2D eigenvalue weighted by atomic mass is 16.5. The van der Waals surface area contributed by atoms with Crippen LogP contribution in [0.4, 0.5) is 0 Å². The van der Waals surface area contributed by atoms with Crippen molar-refractivity contribution in [1.29, 1.82) is 0 Å². The third-order valence-electron chi connectivity index (χ3n) is 4.36. The predicted molar refractivity (Wildman–Crippen MR) is 100 cm³/mol. The zero-order valence-electron chi connectivity index (χ0n) is 15.5. The average molecular weight is 360 g/mol. The van der Waals surface area contributed by atoms with Crippen molar-refractivity contribution >= 4 is 5.96 Å². The molecular formula is C19H28N4O3. The van der Waals surface area contributed by atoms with Crippen molar-refractivity contribution in [2.24, 2.45) is 4.99 Å². The Hall–Kier alpha value is -2.25. The van der Waals surface area contributed by atoms with Crippen LogP contribution in [0.1, 0.15) is 30.2 Å². The lowest BCUT2D eigenvalue weighted by Crippen LogP contribution is -2.46. The molecule has 0 radical (unpaired) electrons. The van der Waals surface area contributed by atoms with Crippen molar-refractivity contribution in [3.05, 3.63) is 47.8 Å². The molecule has 0 saturated carbocycles. The van der Waals surface area contributed by atoms with Gasteiger partial charge in [-0.3, -0.25) is 4.90 Å². The number of nitrogens with one attached hydrogen (secondary N) is 2. The van der Waals surface area contributed by atoms with E-state index in [2.05, 4.69) is 33.5 Å². The Balaban J connectivity index is 1.66. The molecule has 0 aromatic carbocycles. The Bertz CT molecular complexity index is 675. The number of morpholine rings is 1. The number of ether oxygens (including phenoxy) is 1. The molecule has 2 N–H and O–H groups in total. The molecule has 142 valence electrons. The van der Waals surface area contributed by atoms with Crippen molar-refractivity contribution in [3.8, 4) is 0 Å². The lowest BCUT2D eigenvalue weighted by molar-refractivity contribution is 0.0124. The Labute approximate surface area is 154 Å². The van der Waals surface area contributed by atoms with E-state index in [1.807, 2.05) is 25.1 Å². The molecule has 1 fully saturated rings. The van der Waals surface area contributed by atoms with Gasteiger partial charge in [-0.05, 0) is 38.1 Å². The fraction of sp³-hybridized carbons (Fsp3) is 0.526. The van der Waals surface area contributed by atoms with Gasteiger partial charge in [-0.1, -0.05) is 0 Å². The van der Waals surface area contributed by atoms with Crippen LogP contribution < -0.4 is 10.6 Å². The second-order valence-corrected chi connectivity index (χ2v) is 6.27. The molecule has 1 aliphatic heterocycles. The summed E-state index contributed by atoms with van der Waals surface area (Å²) in [5.41, 5.74) is 0. The summed E-state index contributed by atoms with van der Waals surface area (Å²) in [6, 6.07) is 8.01. The maximum atomic E-state index is 5.91. The van der Waals surface area contributed by atoms with Gasteiger partial charge in [0.1, 0.15) is 23.8 Å². The first-order valence-electron chi connectivity index (χ1n) is 9.19. The van der Waals surface area contributed by atoms with E-state index in [1.165, 1.54) is 0 Å². The number of nitrogens with zero attached hydrogens (tertiary/aromatic N) is 2. The Morgan fingerprint density at radius 1 is 1.23 bits per heavy atom. The first-order chi connectivity index (χ1) is 12.8. The normalized spacial score (nSPS) is 17.2. The Morgan fingerprint density at radius 3 is 2.73 bits per heavy atom. The van der Waals surface area contributed by atoms with Crippen molar-refractivity contribution < 1.29 is 13.6 Å². The van der Waals surface area contributed by atoms with Crippen LogP contribution in [-0.4, -0.2) is 50.3 Å². The summed E-state index contributed by atoms with van der Waals surface area (Å²) in [6.45, 7) is 9.33. The van der Waals surface area contributed by atoms with Crippen molar-refractivity contribution in [2.45, 2.75) is 26.4 Å². The molecule has 1 saturated heterocycles. The minimum atomic E-state index is 0.139. The van der Waals surface area contributed by atoms with Crippen LogP contribution in [0, 0.1) is 6.92 Å². The van der Waals surface area contributed by atoms with Gasteiger partial charge in [0, 0.05) is 26.2 Å². The van der Waals surface area contributed by atoms with Crippen LogP contribution in [0.3, 0.4) is 0 Å². The van der Waals surface area contributed by atoms with E-state index in [0.29, 0.717) is 13.1 Å². The number of hydrogen-bond donors (Lipinski definition) is 2. The summed E-state index contributed by atoms with van der Waals surface area (Å²) in [5, 5.41) is 6.73. The highest BCUT2D eigenvalue weighted by molar-refractivity contribution is 5.79. The lowest BCUT2D eigenvalue weighted by Gasteiger charge is -2.33. The molecule has 1 unspecified atom stereocenters. The minimum absolute atomic E-state index is 0.139. The summed E-state index contributed by atoms with van der Waals surface area (Å²) in [6.07, 6.45) is 1.67. The van der Waals surface area contributed by atoms with E-state index in [4.69, 9.17) is 13.6 Å². The van der Waals surface area contributed by atoms with E-state index < -0.39 is 0 Å². The van der Waals surface area contributed by atoms with E-state index >= 15 is 0 Å². The highest BCUT2D eigenvalue weighted by Gasteiger charge is 2.25. The van der Waals surface area contributed by atoms with Crippen LogP contribution in [-0.2, 0) is 11.3 Å². The van der Waals surface area contributed by atoms with Gasteiger partial charge in [0.25, 0.3) is 0 Å². The van der Waals surface area contributed by atoms with Crippen LogP contribution in [0.2, 0.25) is 0 Å². The predicted octanol–water partition coefficient (Wildman–Crippen LogP) is 2.31. The fourth-order valence-corrected chi connectivity index (χ4v) is 3.03. The maximum absolute atomic E-state index is 5.91. The number of furan rings is 2. The molecule has 0 bridgehead atoms. The van der Waals surface area contributed by atoms with Gasteiger partial charge in [0.15, 0.2) is 5.96 Å². The zero-order chi connectivity index (χ0) is 18.2. The van der Waals surface area contributed by atoms with Crippen LogP contribution in [0.25, 0.3) is 0 Å². The van der Waals surface area contributed by atoms with Crippen molar-refractivity contribution in [1.82, 2.24) is 15.5 Å². The second kappa shape index (κ2) is 9.45. The molecule has 26 heavy (non-hydrogen) atoms. The maximum Gasteiger partial charge on any atom is 0.191 e. The molecule has 3 heterocycles. The molecule has 1 atom stereocenters. The summed E-state index contributed by atoms with van der Waals surface area (Å²) < 4.78 is 16.8. The smallest absolute Gasteiger partial charge is 0.191 e. The highest BCUT2D eigenvalue weighted by Crippen LogP contribution is 2.23. The van der Waals surface area contributed by atoms with Gasteiger partial charge >= 0.3 is 0 Å². The summed E-state index contributed by atoms with van der Waals surface area (Å²) in [4.78, 5) is 6.99. The molecule has 2 aromatic rings. The Kier molecular flexibility index (Phi) is 6.74. The van der Waals surface area contributed by atoms with E-state index in [0.717, 1.165) is 56.1 Å². The van der Waals surface area contributed by atoms with Gasteiger partial charge in [-0.15, -0.1) is 0 Å². The first-order valence-corrected chi connectivity index (χ1v) is 9.19. The molecule has 3 rings (SSSR count). The second-order valence-electron chi connectivity index (χ2n) is 6.27. The third kappa shape index (κ3) is 5.12. The van der Waals surface area contributed by atoms with Crippen LogP contribution >= 0.6 is 0 Å². The number of aliphatic imine (C=N–C) groups is 1. The molecule has 1 aliphatic rings. The number of guanidine groups is 1. The SMILES string of the molecule is CCNC(=NCc1ccco1)NCC(c1ccc(C)o1)N1CCOCC1. The molecule has 0 aliphatic carbocycles. The summed E-state index contributed by atoms with van der Waals surface area (Å²) in [7, 11) is 0. The molecule has 7 nitrogen and oxygen atoms in total. The quantitative estimate of drug-likeness (QED) is 0.583. The van der Waals surface area contributed by atoms with Gasteiger partial charge in [-0.2, -0.15) is 0 Å². The molecule has 2 aromatic heterocycles. The van der Waals surface area contributed by atoms with E-state index in [1.54, 1.807) is 6.26 Å². The fourth-order valence-electron chi connectivity index (χ4n) is 3.03. The van der Waals surface area contributed by atoms with Gasteiger partial charge in [0.05, 0.1) is 25.5 Å². The first kappa shape index (κ1) is 18.5. The van der Waals surface area contributed by atoms with Crippen LogP contribution in [0.15, 0.2) is 44.4 Å². The Morgan fingerprint density at radius 2 is 2.08 bits per heavy atom. The van der Waals surface area contributed by atoms with Crippen molar-refractivity contribution in [3.63, 3.8) is 0 Å². The summed E-state index contributed by atoms with van der Waals surface area (Å²) >= 11 is 0. The van der Waals surface area contributed by atoms with Gasteiger partial charge < -0.3 is 24.2 Å². The number of aryl methyl sites for hydroxylation is 1. The van der Waals surface area contributed by atoms with Crippen molar-refractivity contribution in [2.75, 3.05) is 39.4 Å². The molecular weight excluding hydrogens is 332 g/mol. The molecule has 0 spiro atoms. The van der Waals surface area contributed by atoms with E-state index in [9.17, 15) is 0 Å². The standard InChI is InChI=1S/C19H28N4O3/c1-3-20-19(21-13-16-5-4-10-25-16)22-14-17(18-7-6-15(2)26-18)23-8-11-24-12-9-23/h4-7,10,17H,3,8-9,11-14H2,1-2H3,(H2,20,21,22). The third-order valence-corrected chi connectivity index (χ3v) is 4.36. The largest absolute Gasteiger partial charge is 0.467 e. The minimum Gasteiger partial charge on any atom is -0.467 e. The molecule has 0 amide bonds. The number of hydrogen-bond acceptors (Lipinski definition) is 5. The zero-order valence-corrected chi connectivity index (χ0v) is 15.5. The monoisotopic (exact) mass is 360 g/mol. The summed E-state index contributed by atoms with van der Waals surface area (Å²) in [5.74, 6) is 3.51. The van der Waals surface area contributed by atoms with Crippen LogP contribution in [0.5, 0.6) is 0 Å².